The van der Waals surface area contributed by atoms with Crippen LogP contribution >= 0.6 is 0 Å². The van der Waals surface area contributed by atoms with E-state index < -0.39 is 0 Å². The summed E-state index contributed by atoms with van der Waals surface area (Å²) < 4.78 is 5.37. The summed E-state index contributed by atoms with van der Waals surface area (Å²) in [5.74, 6) is 0. The van der Waals surface area contributed by atoms with Gasteiger partial charge in [-0.05, 0) is 18.4 Å². The van der Waals surface area contributed by atoms with Crippen molar-refractivity contribution in [2.45, 2.75) is 25.0 Å². The quantitative estimate of drug-likeness (QED) is 0.505. The van der Waals surface area contributed by atoms with Crippen molar-refractivity contribution >= 4 is 0 Å². The number of benzene rings is 1. The first-order valence-corrected chi connectivity index (χ1v) is 4.72. The smallest absolute Gasteiger partial charge is 0.102 e. The Morgan fingerprint density at radius 2 is 2.08 bits per heavy atom. The van der Waals surface area contributed by atoms with E-state index in [-0.39, 0.29) is 0 Å². The van der Waals surface area contributed by atoms with Crippen molar-refractivity contribution in [3.8, 4) is 0 Å². The number of rotatable bonds is 4. The summed E-state index contributed by atoms with van der Waals surface area (Å²) in [5, 5.41) is 0. The molecule has 0 unspecified atom stereocenters. The Labute approximate surface area is 79.0 Å². The number of epoxide rings is 1. The normalized spacial score (nSPS) is 25.5. The number of ether oxygens (including phenoxy) is 1. The molecule has 13 heavy (non-hydrogen) atoms. The third kappa shape index (κ3) is 2.19. The first-order valence-electron chi connectivity index (χ1n) is 4.72. The topological polar surface area (TPSA) is 12.5 Å². The maximum atomic E-state index is 5.37. The van der Waals surface area contributed by atoms with E-state index in [0.29, 0.717) is 12.2 Å². The van der Waals surface area contributed by atoms with E-state index in [0.717, 1.165) is 12.8 Å². The molecule has 0 spiro atoms. The Hall–Kier alpha value is -1.08. The van der Waals surface area contributed by atoms with Crippen molar-refractivity contribution in [1.82, 2.24) is 0 Å². The maximum absolute atomic E-state index is 5.37. The molecule has 1 aliphatic heterocycles. The van der Waals surface area contributed by atoms with Crippen LogP contribution in [0.25, 0.3) is 0 Å². The van der Waals surface area contributed by atoms with Gasteiger partial charge in [-0.25, -0.2) is 0 Å². The average Bonchev–Trinajstić information content (AvgIpc) is 2.95. The highest BCUT2D eigenvalue weighted by atomic mass is 16.6. The Morgan fingerprint density at radius 3 is 2.69 bits per heavy atom. The van der Waals surface area contributed by atoms with Crippen LogP contribution in [0.2, 0.25) is 0 Å². The van der Waals surface area contributed by atoms with Crippen molar-refractivity contribution in [2.75, 3.05) is 0 Å². The minimum atomic E-state index is 0.323. The minimum absolute atomic E-state index is 0.323. The molecule has 1 nitrogen and oxygen atoms in total. The first-order chi connectivity index (χ1) is 6.40. The van der Waals surface area contributed by atoms with Crippen LogP contribution in [-0.4, -0.2) is 12.2 Å². The van der Waals surface area contributed by atoms with Gasteiger partial charge in [-0.3, -0.25) is 0 Å². The molecular formula is C12H14O. The molecule has 1 aromatic rings. The second kappa shape index (κ2) is 3.75. The molecule has 2 atom stereocenters. The molecule has 0 amide bonds. The summed E-state index contributed by atoms with van der Waals surface area (Å²) in [6, 6.07) is 10.5. The molecular weight excluding hydrogens is 160 g/mol. The van der Waals surface area contributed by atoms with Gasteiger partial charge in [0.2, 0.25) is 0 Å². The Kier molecular flexibility index (Phi) is 2.46. The zero-order chi connectivity index (χ0) is 9.10. The zero-order valence-corrected chi connectivity index (χ0v) is 7.65. The van der Waals surface area contributed by atoms with Crippen molar-refractivity contribution in [3.63, 3.8) is 0 Å². The van der Waals surface area contributed by atoms with Gasteiger partial charge < -0.3 is 4.74 Å². The van der Waals surface area contributed by atoms with Crippen LogP contribution in [0.4, 0.5) is 0 Å². The Morgan fingerprint density at radius 1 is 1.31 bits per heavy atom. The minimum Gasteiger partial charge on any atom is -0.365 e. The van der Waals surface area contributed by atoms with E-state index in [1.807, 2.05) is 12.1 Å². The van der Waals surface area contributed by atoms with Gasteiger partial charge in [-0.2, -0.15) is 0 Å². The lowest BCUT2D eigenvalue weighted by molar-refractivity contribution is 0.379. The fourth-order valence-corrected chi connectivity index (χ4v) is 1.55. The summed E-state index contributed by atoms with van der Waals surface area (Å²) in [5.41, 5.74) is 1.39. The Bertz CT molecular complexity index is 278. The highest BCUT2D eigenvalue weighted by Crippen LogP contribution is 2.27. The molecule has 0 aliphatic carbocycles. The Balaban J connectivity index is 1.78. The third-order valence-electron chi connectivity index (χ3n) is 2.41. The maximum Gasteiger partial charge on any atom is 0.102 e. The lowest BCUT2D eigenvalue weighted by Gasteiger charge is -1.96. The lowest BCUT2D eigenvalue weighted by Crippen LogP contribution is -1.93. The van der Waals surface area contributed by atoms with E-state index in [1.54, 1.807) is 0 Å². The van der Waals surface area contributed by atoms with E-state index in [2.05, 4.69) is 30.8 Å². The molecule has 1 aliphatic rings. The zero-order valence-electron chi connectivity index (χ0n) is 7.65. The van der Waals surface area contributed by atoms with Gasteiger partial charge in [-0.15, -0.1) is 6.58 Å². The molecule has 1 fully saturated rings. The first kappa shape index (κ1) is 8.52. The number of aryl methyl sites for hydroxylation is 1. The molecule has 2 rings (SSSR count). The van der Waals surface area contributed by atoms with Gasteiger partial charge in [0.05, 0.1) is 6.10 Å². The standard InChI is InChI=1S/C12H14O/c1-2-11-12(13-11)9-8-10-6-4-3-5-7-10/h2-7,11-12H,1,8-9H2/t11-,12-/m0/s1. The molecule has 1 heterocycles. The van der Waals surface area contributed by atoms with Crippen molar-refractivity contribution in [1.29, 1.82) is 0 Å². The van der Waals surface area contributed by atoms with E-state index >= 15 is 0 Å². The average molecular weight is 174 g/mol. The molecule has 68 valence electrons. The molecule has 1 heteroatoms. The van der Waals surface area contributed by atoms with Gasteiger partial charge >= 0.3 is 0 Å². The predicted molar refractivity (Wildman–Crippen MR) is 53.6 cm³/mol. The molecule has 1 aromatic carbocycles. The SMILES string of the molecule is C=C[C@@H]1O[C@H]1CCc1ccccc1. The van der Waals surface area contributed by atoms with E-state index in [4.69, 9.17) is 4.74 Å². The third-order valence-corrected chi connectivity index (χ3v) is 2.41. The van der Waals surface area contributed by atoms with E-state index in [9.17, 15) is 0 Å². The summed E-state index contributed by atoms with van der Waals surface area (Å²) in [4.78, 5) is 0. The van der Waals surface area contributed by atoms with Gasteiger partial charge in [-0.1, -0.05) is 36.4 Å². The number of hydrogen-bond donors (Lipinski definition) is 0. The van der Waals surface area contributed by atoms with Gasteiger partial charge in [0.15, 0.2) is 0 Å². The van der Waals surface area contributed by atoms with Crippen molar-refractivity contribution in [3.05, 3.63) is 48.6 Å². The van der Waals surface area contributed by atoms with Crippen LogP contribution in [-0.2, 0) is 11.2 Å². The molecule has 0 aromatic heterocycles. The van der Waals surface area contributed by atoms with Gasteiger partial charge in [0.1, 0.15) is 6.10 Å². The highest BCUT2D eigenvalue weighted by Gasteiger charge is 2.34. The van der Waals surface area contributed by atoms with Crippen LogP contribution in [0, 0.1) is 0 Å². The predicted octanol–water partition coefficient (Wildman–Crippen LogP) is 2.57. The monoisotopic (exact) mass is 174 g/mol. The van der Waals surface area contributed by atoms with Gasteiger partial charge in [0.25, 0.3) is 0 Å². The summed E-state index contributed by atoms with van der Waals surface area (Å²) >= 11 is 0. The largest absolute Gasteiger partial charge is 0.365 e. The second-order valence-corrected chi connectivity index (χ2v) is 3.40. The van der Waals surface area contributed by atoms with Crippen LogP contribution in [0.15, 0.2) is 43.0 Å². The van der Waals surface area contributed by atoms with E-state index in [1.165, 1.54) is 5.56 Å². The van der Waals surface area contributed by atoms with Gasteiger partial charge in [0, 0.05) is 0 Å². The highest BCUT2D eigenvalue weighted by molar-refractivity contribution is 5.15. The molecule has 0 saturated carbocycles. The van der Waals surface area contributed by atoms with Crippen molar-refractivity contribution in [2.24, 2.45) is 0 Å². The lowest BCUT2D eigenvalue weighted by atomic mass is 10.1. The fourth-order valence-electron chi connectivity index (χ4n) is 1.55. The van der Waals surface area contributed by atoms with Crippen LogP contribution in [0.3, 0.4) is 0 Å². The molecule has 0 radical (unpaired) electrons. The van der Waals surface area contributed by atoms with Crippen LogP contribution in [0.1, 0.15) is 12.0 Å². The summed E-state index contributed by atoms with van der Waals surface area (Å²) in [6.45, 7) is 3.70. The summed E-state index contributed by atoms with van der Waals surface area (Å²) in [7, 11) is 0. The van der Waals surface area contributed by atoms with Crippen LogP contribution in [0.5, 0.6) is 0 Å². The molecule has 0 N–H and O–H groups in total. The molecule has 1 saturated heterocycles. The molecule has 0 bridgehead atoms. The number of hydrogen-bond acceptors (Lipinski definition) is 1. The summed E-state index contributed by atoms with van der Waals surface area (Å²) in [6.07, 6.45) is 4.85. The fraction of sp³-hybridized carbons (Fsp3) is 0.333. The van der Waals surface area contributed by atoms with Crippen LogP contribution < -0.4 is 0 Å². The van der Waals surface area contributed by atoms with Crippen molar-refractivity contribution < 1.29 is 4.74 Å². The second-order valence-electron chi connectivity index (χ2n) is 3.40.